The van der Waals surface area contributed by atoms with Gasteiger partial charge in [0, 0.05) is 55.3 Å². The SMILES string of the molecule is CCc1cc(-c2nc(-c3cc(C(=O)NCCC4=CCCCC4)c(C)n3CCCOC)cs2)ccn1. The summed E-state index contributed by atoms with van der Waals surface area (Å²) in [6.45, 7) is 6.26. The number of allylic oxidation sites excluding steroid dienone is 1. The largest absolute Gasteiger partial charge is 0.385 e. The highest BCUT2D eigenvalue weighted by atomic mass is 32.1. The maximum absolute atomic E-state index is 13.1. The van der Waals surface area contributed by atoms with Crippen molar-refractivity contribution in [1.29, 1.82) is 0 Å². The number of carbonyl (C=O) groups excluding carboxylic acids is 1. The zero-order valence-electron chi connectivity index (χ0n) is 21.1. The molecule has 1 amide bonds. The quantitative estimate of drug-likeness (QED) is 0.256. The van der Waals surface area contributed by atoms with Gasteiger partial charge in [-0.2, -0.15) is 0 Å². The number of pyridine rings is 1. The van der Waals surface area contributed by atoms with E-state index in [1.165, 1.54) is 24.8 Å². The number of carbonyl (C=O) groups is 1. The number of rotatable bonds is 11. The lowest BCUT2D eigenvalue weighted by molar-refractivity contribution is 0.0953. The summed E-state index contributed by atoms with van der Waals surface area (Å²) in [6.07, 6.45) is 11.8. The van der Waals surface area contributed by atoms with Gasteiger partial charge in [0.05, 0.1) is 17.0 Å². The molecule has 0 saturated carbocycles. The number of methoxy groups -OCH3 is 1. The monoisotopic (exact) mass is 492 g/mol. The van der Waals surface area contributed by atoms with E-state index in [1.807, 2.05) is 25.3 Å². The third kappa shape index (κ3) is 6.27. The molecule has 1 aliphatic rings. The Morgan fingerprint density at radius 1 is 1.29 bits per heavy atom. The van der Waals surface area contributed by atoms with Crippen LogP contribution in [0.4, 0.5) is 0 Å². The van der Waals surface area contributed by atoms with Gasteiger partial charge in [-0.1, -0.05) is 18.6 Å². The Morgan fingerprint density at radius 2 is 2.17 bits per heavy atom. The summed E-state index contributed by atoms with van der Waals surface area (Å²) in [4.78, 5) is 22.5. The van der Waals surface area contributed by atoms with Crippen LogP contribution < -0.4 is 5.32 Å². The molecular weight excluding hydrogens is 456 g/mol. The fourth-order valence-electron chi connectivity index (χ4n) is 4.63. The van der Waals surface area contributed by atoms with E-state index in [9.17, 15) is 4.79 Å². The van der Waals surface area contributed by atoms with Crippen molar-refractivity contribution in [3.8, 4) is 22.0 Å². The maximum atomic E-state index is 13.1. The minimum atomic E-state index is -0.0113. The van der Waals surface area contributed by atoms with Crippen LogP contribution in [0.3, 0.4) is 0 Å². The molecule has 0 aromatic carbocycles. The van der Waals surface area contributed by atoms with Gasteiger partial charge < -0.3 is 14.6 Å². The lowest BCUT2D eigenvalue weighted by Gasteiger charge is -2.13. The number of hydrogen-bond acceptors (Lipinski definition) is 5. The van der Waals surface area contributed by atoms with Crippen molar-refractivity contribution in [2.24, 2.45) is 0 Å². The topological polar surface area (TPSA) is 69.0 Å². The summed E-state index contributed by atoms with van der Waals surface area (Å²) in [5, 5.41) is 6.20. The fraction of sp³-hybridized carbons (Fsp3) is 0.464. The van der Waals surface area contributed by atoms with E-state index < -0.39 is 0 Å². The van der Waals surface area contributed by atoms with E-state index >= 15 is 0 Å². The predicted octanol–water partition coefficient (Wildman–Crippen LogP) is 6.20. The third-order valence-electron chi connectivity index (χ3n) is 6.65. The summed E-state index contributed by atoms with van der Waals surface area (Å²) >= 11 is 1.62. The van der Waals surface area contributed by atoms with Crippen LogP contribution >= 0.6 is 11.3 Å². The molecule has 0 unspecified atom stereocenters. The van der Waals surface area contributed by atoms with Crippen molar-refractivity contribution in [2.45, 2.75) is 65.3 Å². The van der Waals surface area contributed by atoms with Crippen LogP contribution in [-0.2, 0) is 17.7 Å². The number of aryl methyl sites for hydroxylation is 1. The first-order valence-electron chi connectivity index (χ1n) is 12.7. The highest BCUT2D eigenvalue weighted by Crippen LogP contribution is 2.32. The smallest absolute Gasteiger partial charge is 0.253 e. The minimum Gasteiger partial charge on any atom is -0.385 e. The Morgan fingerprint density at radius 3 is 2.94 bits per heavy atom. The van der Waals surface area contributed by atoms with E-state index in [0.29, 0.717) is 13.2 Å². The number of amides is 1. The second kappa shape index (κ2) is 12.3. The summed E-state index contributed by atoms with van der Waals surface area (Å²) in [5.41, 5.74) is 7.18. The molecule has 3 heterocycles. The van der Waals surface area contributed by atoms with Gasteiger partial charge in [-0.3, -0.25) is 9.78 Å². The van der Waals surface area contributed by atoms with Crippen LogP contribution in [0.5, 0.6) is 0 Å². The Kier molecular flexibility index (Phi) is 8.88. The van der Waals surface area contributed by atoms with E-state index in [0.717, 1.165) is 71.1 Å². The highest BCUT2D eigenvalue weighted by molar-refractivity contribution is 7.13. The zero-order valence-corrected chi connectivity index (χ0v) is 21.9. The fourth-order valence-corrected chi connectivity index (χ4v) is 5.45. The number of nitrogens with zero attached hydrogens (tertiary/aromatic N) is 3. The molecule has 0 saturated heterocycles. The maximum Gasteiger partial charge on any atom is 0.253 e. The molecule has 7 heteroatoms. The Bertz CT molecular complexity index is 1180. The Labute approximate surface area is 212 Å². The second-order valence-electron chi connectivity index (χ2n) is 9.07. The van der Waals surface area contributed by atoms with Crippen molar-refractivity contribution in [2.75, 3.05) is 20.3 Å². The molecule has 0 fully saturated rings. The first kappa shape index (κ1) is 25.3. The summed E-state index contributed by atoms with van der Waals surface area (Å²) in [5.74, 6) is -0.0113. The van der Waals surface area contributed by atoms with Crippen molar-refractivity contribution in [3.63, 3.8) is 0 Å². The number of ether oxygens (including phenoxy) is 1. The van der Waals surface area contributed by atoms with E-state index in [1.54, 1.807) is 18.4 Å². The Balaban J connectivity index is 1.56. The zero-order chi connectivity index (χ0) is 24.6. The minimum absolute atomic E-state index is 0.0113. The number of aromatic nitrogens is 3. The molecule has 3 aromatic rings. The van der Waals surface area contributed by atoms with Crippen LogP contribution in [0.25, 0.3) is 22.0 Å². The lowest BCUT2D eigenvalue weighted by Crippen LogP contribution is -2.25. The second-order valence-corrected chi connectivity index (χ2v) is 9.93. The average molecular weight is 493 g/mol. The normalized spacial score (nSPS) is 13.6. The molecule has 0 atom stereocenters. The first-order valence-corrected chi connectivity index (χ1v) is 13.5. The van der Waals surface area contributed by atoms with Crippen LogP contribution in [0.2, 0.25) is 0 Å². The molecular formula is C28H36N4O2S. The van der Waals surface area contributed by atoms with Gasteiger partial charge in [-0.25, -0.2) is 4.98 Å². The third-order valence-corrected chi connectivity index (χ3v) is 7.54. The van der Waals surface area contributed by atoms with Gasteiger partial charge in [-0.05, 0) is 70.1 Å². The summed E-state index contributed by atoms with van der Waals surface area (Å²) in [6, 6.07) is 6.11. The molecule has 0 bridgehead atoms. The van der Waals surface area contributed by atoms with Gasteiger partial charge in [0.1, 0.15) is 5.01 Å². The van der Waals surface area contributed by atoms with Crippen molar-refractivity contribution in [3.05, 3.63) is 58.4 Å². The molecule has 0 radical (unpaired) electrons. The highest BCUT2D eigenvalue weighted by Gasteiger charge is 2.20. The van der Waals surface area contributed by atoms with Crippen LogP contribution in [-0.4, -0.2) is 40.7 Å². The number of hydrogen-bond donors (Lipinski definition) is 1. The van der Waals surface area contributed by atoms with Crippen LogP contribution in [0, 0.1) is 6.92 Å². The van der Waals surface area contributed by atoms with Crippen LogP contribution in [0.1, 0.15) is 67.2 Å². The lowest BCUT2D eigenvalue weighted by atomic mass is 9.97. The van der Waals surface area contributed by atoms with Gasteiger partial charge in [-0.15, -0.1) is 11.3 Å². The molecule has 1 aliphatic carbocycles. The number of thiazole rings is 1. The van der Waals surface area contributed by atoms with Gasteiger partial charge in [0.25, 0.3) is 5.91 Å². The molecule has 4 rings (SSSR count). The molecule has 0 aliphatic heterocycles. The standard InChI is InChI=1S/C28H36N4O2S/c1-4-23-17-22(12-14-29-23)28-31-25(19-35-28)26-18-24(20(2)32(26)15-8-16-34-3)27(33)30-13-11-21-9-6-5-7-10-21/h9,12,14,17-19H,4-8,10-11,13,15-16H2,1-3H3,(H,30,33). The van der Waals surface area contributed by atoms with Crippen LogP contribution in [0.15, 0.2) is 41.4 Å². The molecule has 3 aromatic heterocycles. The summed E-state index contributed by atoms with van der Waals surface area (Å²) < 4.78 is 7.49. The first-order chi connectivity index (χ1) is 17.1. The molecule has 1 N–H and O–H groups in total. The average Bonchev–Trinajstić information content (AvgIpc) is 3.50. The molecule has 35 heavy (non-hydrogen) atoms. The molecule has 6 nitrogen and oxygen atoms in total. The van der Waals surface area contributed by atoms with Gasteiger partial charge in [0.15, 0.2) is 0 Å². The number of nitrogens with one attached hydrogen (secondary N) is 1. The molecule has 0 spiro atoms. The van der Waals surface area contributed by atoms with Crippen molar-refractivity contribution >= 4 is 17.2 Å². The van der Waals surface area contributed by atoms with Gasteiger partial charge in [0.2, 0.25) is 0 Å². The predicted molar refractivity (Wildman–Crippen MR) is 143 cm³/mol. The summed E-state index contributed by atoms with van der Waals surface area (Å²) in [7, 11) is 1.72. The van der Waals surface area contributed by atoms with Crippen molar-refractivity contribution < 1.29 is 9.53 Å². The Hall–Kier alpha value is -2.77. The van der Waals surface area contributed by atoms with E-state index in [-0.39, 0.29) is 5.91 Å². The van der Waals surface area contributed by atoms with E-state index in [2.05, 4.69) is 39.3 Å². The van der Waals surface area contributed by atoms with Gasteiger partial charge >= 0.3 is 0 Å². The van der Waals surface area contributed by atoms with E-state index in [4.69, 9.17) is 9.72 Å². The molecule has 186 valence electrons. The van der Waals surface area contributed by atoms with Crippen molar-refractivity contribution in [1.82, 2.24) is 19.9 Å².